The van der Waals surface area contributed by atoms with Crippen molar-refractivity contribution in [2.45, 2.75) is 12.8 Å². The average Bonchev–Trinajstić information content (AvgIpc) is 3.01. The van der Waals surface area contributed by atoms with Crippen molar-refractivity contribution in [2.24, 2.45) is 11.8 Å². The minimum atomic E-state index is 0.0828. The number of nitrogens with one attached hydrogen (secondary N) is 1. The SMILES string of the molecule is O=C(c1ccccc1Oc1ccccc1)N1CC[C@@H]2CNC[C@@H]2CC1. The van der Waals surface area contributed by atoms with Gasteiger partial charge in [0.25, 0.3) is 5.91 Å². The maximum atomic E-state index is 13.1. The highest BCUT2D eigenvalue weighted by atomic mass is 16.5. The fraction of sp³-hybridized carbons (Fsp3) is 0.381. The van der Waals surface area contributed by atoms with Crippen molar-refractivity contribution in [3.8, 4) is 11.5 Å². The fourth-order valence-electron chi connectivity index (χ4n) is 3.94. The van der Waals surface area contributed by atoms with Crippen LogP contribution in [0.3, 0.4) is 0 Å². The van der Waals surface area contributed by atoms with Crippen LogP contribution in [0.1, 0.15) is 23.2 Å². The van der Waals surface area contributed by atoms with Gasteiger partial charge in [0.1, 0.15) is 11.5 Å². The predicted molar refractivity (Wildman–Crippen MR) is 97.9 cm³/mol. The van der Waals surface area contributed by atoms with Gasteiger partial charge in [-0.3, -0.25) is 4.79 Å². The van der Waals surface area contributed by atoms with Crippen molar-refractivity contribution >= 4 is 5.91 Å². The van der Waals surface area contributed by atoms with E-state index in [1.807, 2.05) is 59.5 Å². The molecule has 2 aliphatic rings. The Balaban J connectivity index is 1.52. The van der Waals surface area contributed by atoms with Crippen LogP contribution in [0, 0.1) is 11.8 Å². The van der Waals surface area contributed by atoms with Crippen LogP contribution in [0.25, 0.3) is 0 Å². The lowest BCUT2D eigenvalue weighted by Crippen LogP contribution is -2.33. The number of hydrogen-bond acceptors (Lipinski definition) is 3. The minimum absolute atomic E-state index is 0.0828. The summed E-state index contributed by atoms with van der Waals surface area (Å²) in [7, 11) is 0. The average molecular weight is 336 g/mol. The molecule has 2 aliphatic heterocycles. The second-order valence-electron chi connectivity index (χ2n) is 6.96. The Bertz CT molecular complexity index is 718. The third-order valence-electron chi connectivity index (χ3n) is 5.40. The van der Waals surface area contributed by atoms with E-state index in [-0.39, 0.29) is 5.91 Å². The van der Waals surface area contributed by atoms with Crippen LogP contribution in [0.15, 0.2) is 54.6 Å². The Morgan fingerprint density at radius 3 is 2.28 bits per heavy atom. The van der Waals surface area contributed by atoms with Crippen molar-refractivity contribution in [1.29, 1.82) is 0 Å². The van der Waals surface area contributed by atoms with E-state index in [1.54, 1.807) is 0 Å². The molecule has 0 spiro atoms. The van der Waals surface area contributed by atoms with Gasteiger partial charge in [0.15, 0.2) is 0 Å². The van der Waals surface area contributed by atoms with Gasteiger partial charge >= 0.3 is 0 Å². The summed E-state index contributed by atoms with van der Waals surface area (Å²) >= 11 is 0. The van der Waals surface area contributed by atoms with E-state index in [0.29, 0.717) is 23.1 Å². The summed E-state index contributed by atoms with van der Waals surface area (Å²) in [5.41, 5.74) is 0.650. The first kappa shape index (κ1) is 16.2. The van der Waals surface area contributed by atoms with Gasteiger partial charge < -0.3 is 15.0 Å². The molecule has 0 aliphatic carbocycles. The number of ether oxygens (including phenoxy) is 1. The number of para-hydroxylation sites is 2. The lowest BCUT2D eigenvalue weighted by Gasteiger charge is -2.22. The zero-order chi connectivity index (χ0) is 17.1. The lowest BCUT2D eigenvalue weighted by molar-refractivity contribution is 0.0756. The second kappa shape index (κ2) is 7.28. The number of amides is 1. The molecule has 4 heteroatoms. The summed E-state index contributed by atoms with van der Waals surface area (Å²) in [6.45, 7) is 3.86. The van der Waals surface area contributed by atoms with Crippen LogP contribution < -0.4 is 10.1 Å². The standard InChI is InChI=1S/C21H24N2O2/c24-21(23-12-10-16-14-22-15-17(16)11-13-23)19-8-4-5-9-20(19)25-18-6-2-1-3-7-18/h1-9,16-17,22H,10-15H2/t16-,17+. The number of benzene rings is 2. The Kier molecular flexibility index (Phi) is 4.70. The molecule has 130 valence electrons. The monoisotopic (exact) mass is 336 g/mol. The lowest BCUT2D eigenvalue weighted by atomic mass is 9.92. The summed E-state index contributed by atoms with van der Waals surface area (Å²) in [5.74, 6) is 2.89. The van der Waals surface area contributed by atoms with Gasteiger partial charge in [-0.25, -0.2) is 0 Å². The topological polar surface area (TPSA) is 41.6 Å². The molecule has 2 heterocycles. The smallest absolute Gasteiger partial charge is 0.257 e. The van der Waals surface area contributed by atoms with Crippen LogP contribution >= 0.6 is 0 Å². The van der Waals surface area contributed by atoms with Gasteiger partial charge in [-0.05, 0) is 62.0 Å². The maximum absolute atomic E-state index is 13.1. The Morgan fingerprint density at radius 2 is 1.56 bits per heavy atom. The number of likely N-dealkylation sites (tertiary alicyclic amines) is 1. The van der Waals surface area contributed by atoms with Gasteiger partial charge in [0, 0.05) is 13.1 Å². The molecule has 25 heavy (non-hydrogen) atoms. The molecule has 0 radical (unpaired) electrons. The number of carbonyl (C=O) groups is 1. The number of carbonyl (C=O) groups excluding carboxylic acids is 1. The van der Waals surface area contributed by atoms with Crippen molar-refractivity contribution in [1.82, 2.24) is 10.2 Å². The molecule has 0 aromatic heterocycles. The van der Waals surface area contributed by atoms with Gasteiger partial charge in [-0.15, -0.1) is 0 Å². The fourth-order valence-corrected chi connectivity index (χ4v) is 3.94. The van der Waals surface area contributed by atoms with Crippen LogP contribution in [0.2, 0.25) is 0 Å². The molecule has 2 aromatic carbocycles. The summed E-state index contributed by atoms with van der Waals surface area (Å²) < 4.78 is 5.97. The third-order valence-corrected chi connectivity index (χ3v) is 5.40. The van der Waals surface area contributed by atoms with Crippen LogP contribution in [0.5, 0.6) is 11.5 Å². The zero-order valence-electron chi connectivity index (χ0n) is 14.4. The molecule has 4 nitrogen and oxygen atoms in total. The molecule has 0 saturated carbocycles. The molecule has 4 rings (SSSR count). The highest BCUT2D eigenvalue weighted by molar-refractivity contribution is 5.97. The second-order valence-corrected chi connectivity index (χ2v) is 6.96. The molecule has 0 unspecified atom stereocenters. The molecular formula is C21H24N2O2. The zero-order valence-corrected chi connectivity index (χ0v) is 14.4. The highest BCUT2D eigenvalue weighted by Crippen LogP contribution is 2.30. The van der Waals surface area contributed by atoms with Crippen LogP contribution in [-0.4, -0.2) is 37.0 Å². The number of fused-ring (bicyclic) bond motifs is 1. The first-order valence-corrected chi connectivity index (χ1v) is 9.13. The van der Waals surface area contributed by atoms with Crippen LogP contribution in [0.4, 0.5) is 0 Å². The first-order valence-electron chi connectivity index (χ1n) is 9.13. The van der Waals surface area contributed by atoms with Crippen LogP contribution in [-0.2, 0) is 0 Å². The molecule has 2 atom stereocenters. The van der Waals surface area contributed by atoms with Gasteiger partial charge in [0.2, 0.25) is 0 Å². The third kappa shape index (κ3) is 3.54. The van der Waals surface area contributed by atoms with Gasteiger partial charge in [-0.2, -0.15) is 0 Å². The minimum Gasteiger partial charge on any atom is -0.457 e. The van der Waals surface area contributed by atoms with Crippen molar-refractivity contribution in [3.05, 3.63) is 60.2 Å². The number of rotatable bonds is 3. The molecule has 2 fully saturated rings. The molecule has 2 aromatic rings. The van der Waals surface area contributed by atoms with Gasteiger partial charge in [-0.1, -0.05) is 30.3 Å². The molecule has 1 amide bonds. The molecular weight excluding hydrogens is 312 g/mol. The number of hydrogen-bond donors (Lipinski definition) is 1. The predicted octanol–water partition coefficient (Wildman–Crippen LogP) is 3.55. The quantitative estimate of drug-likeness (QED) is 0.932. The van der Waals surface area contributed by atoms with Gasteiger partial charge in [0.05, 0.1) is 5.56 Å². The maximum Gasteiger partial charge on any atom is 0.257 e. The van der Waals surface area contributed by atoms with Crippen molar-refractivity contribution in [3.63, 3.8) is 0 Å². The van der Waals surface area contributed by atoms with E-state index >= 15 is 0 Å². The van der Waals surface area contributed by atoms with E-state index in [1.165, 1.54) is 0 Å². The van der Waals surface area contributed by atoms with E-state index < -0.39 is 0 Å². The molecule has 1 N–H and O–H groups in total. The van der Waals surface area contributed by atoms with Crippen molar-refractivity contribution in [2.75, 3.05) is 26.2 Å². The summed E-state index contributed by atoms with van der Waals surface area (Å²) in [6, 6.07) is 17.2. The van der Waals surface area contributed by atoms with Crippen molar-refractivity contribution < 1.29 is 9.53 Å². The van der Waals surface area contributed by atoms with E-state index in [0.717, 1.165) is 44.8 Å². The number of nitrogens with zero attached hydrogens (tertiary/aromatic N) is 1. The van der Waals surface area contributed by atoms with E-state index in [4.69, 9.17) is 4.74 Å². The Labute approximate surface area is 148 Å². The van der Waals surface area contributed by atoms with E-state index in [2.05, 4.69) is 5.32 Å². The first-order chi connectivity index (χ1) is 12.3. The normalized spacial score (nSPS) is 23.0. The summed E-state index contributed by atoms with van der Waals surface area (Å²) in [5, 5.41) is 3.48. The Morgan fingerprint density at radius 1 is 0.920 bits per heavy atom. The van der Waals surface area contributed by atoms with E-state index in [9.17, 15) is 4.79 Å². The molecule has 2 saturated heterocycles. The Hall–Kier alpha value is -2.33. The summed E-state index contributed by atoms with van der Waals surface area (Å²) in [6.07, 6.45) is 2.18. The molecule has 0 bridgehead atoms. The summed E-state index contributed by atoms with van der Waals surface area (Å²) in [4.78, 5) is 15.1. The largest absolute Gasteiger partial charge is 0.457 e. The highest BCUT2D eigenvalue weighted by Gasteiger charge is 2.32.